The molecule has 0 aliphatic carbocycles. The third kappa shape index (κ3) is 4.67. The zero-order chi connectivity index (χ0) is 25.3. The summed E-state index contributed by atoms with van der Waals surface area (Å²) in [6, 6.07) is 12.1. The first-order chi connectivity index (χ1) is 16.7. The Balaban J connectivity index is 1.74. The summed E-state index contributed by atoms with van der Waals surface area (Å²) >= 11 is 6.23. The standard InChI is InChI=1S/C24H23N5O4S2/c1-15-17(12-19-23(33)29(14-20(30)31)24(34)35-19)21(26(2)22(32)18(15)13-25)28-10-8-27(9-11-28)16-6-4-3-5-7-16/h3-7,12H,8-11,14H2,1-2H3,(H,30,31). The van der Waals surface area contributed by atoms with Gasteiger partial charge in [-0.2, -0.15) is 5.26 Å². The summed E-state index contributed by atoms with van der Waals surface area (Å²) in [5, 5.41) is 18.8. The lowest BCUT2D eigenvalue weighted by atomic mass is 10.0. The van der Waals surface area contributed by atoms with Gasteiger partial charge in [-0.3, -0.25) is 23.9 Å². The van der Waals surface area contributed by atoms with Crippen LogP contribution in [0.25, 0.3) is 6.08 Å². The molecule has 0 radical (unpaired) electrons. The smallest absolute Gasteiger partial charge is 0.323 e. The lowest BCUT2D eigenvalue weighted by Gasteiger charge is -2.38. The van der Waals surface area contributed by atoms with Gasteiger partial charge in [0, 0.05) is 44.5 Å². The molecule has 0 atom stereocenters. The van der Waals surface area contributed by atoms with Crippen LogP contribution in [-0.4, -0.2) is 63.5 Å². The molecule has 3 heterocycles. The monoisotopic (exact) mass is 509 g/mol. The van der Waals surface area contributed by atoms with Crippen molar-refractivity contribution in [3.63, 3.8) is 0 Å². The van der Waals surface area contributed by atoms with Crippen molar-refractivity contribution in [1.82, 2.24) is 9.47 Å². The molecule has 9 nitrogen and oxygen atoms in total. The minimum absolute atomic E-state index is 0.00596. The van der Waals surface area contributed by atoms with Crippen molar-refractivity contribution in [3.8, 4) is 6.07 Å². The van der Waals surface area contributed by atoms with Crippen LogP contribution in [0.15, 0.2) is 40.0 Å². The fourth-order valence-corrected chi connectivity index (χ4v) is 5.55. The van der Waals surface area contributed by atoms with Crippen LogP contribution in [0.3, 0.4) is 0 Å². The number of carboxylic acids is 1. The van der Waals surface area contributed by atoms with Gasteiger partial charge in [0.2, 0.25) is 0 Å². The van der Waals surface area contributed by atoms with Crippen molar-refractivity contribution >= 4 is 57.8 Å². The SMILES string of the molecule is Cc1c(C=C2SC(=S)N(CC(=O)O)C2=O)c(N2CCN(c3ccccc3)CC2)n(C)c(=O)c1C#N. The van der Waals surface area contributed by atoms with Crippen molar-refractivity contribution in [1.29, 1.82) is 5.26 Å². The summed E-state index contributed by atoms with van der Waals surface area (Å²) in [5.41, 5.74) is 1.78. The Morgan fingerprint density at radius 1 is 1.17 bits per heavy atom. The van der Waals surface area contributed by atoms with Crippen molar-refractivity contribution in [2.45, 2.75) is 6.92 Å². The van der Waals surface area contributed by atoms with Gasteiger partial charge < -0.3 is 14.9 Å². The number of carbonyl (C=O) groups excluding carboxylic acids is 1. The van der Waals surface area contributed by atoms with Crippen molar-refractivity contribution in [2.24, 2.45) is 7.05 Å². The fraction of sp³-hybridized carbons (Fsp3) is 0.292. The van der Waals surface area contributed by atoms with Crippen LogP contribution < -0.4 is 15.4 Å². The predicted molar refractivity (Wildman–Crippen MR) is 140 cm³/mol. The van der Waals surface area contributed by atoms with Gasteiger partial charge in [-0.05, 0) is 30.7 Å². The van der Waals surface area contributed by atoms with Crippen LogP contribution in [0.5, 0.6) is 0 Å². The fourth-order valence-electron chi connectivity index (χ4n) is 4.31. The first kappa shape index (κ1) is 24.5. The second kappa shape index (κ2) is 9.93. The number of rotatable bonds is 5. The third-order valence-corrected chi connectivity index (χ3v) is 7.49. The van der Waals surface area contributed by atoms with Gasteiger partial charge in [0.25, 0.3) is 11.5 Å². The highest BCUT2D eigenvalue weighted by molar-refractivity contribution is 8.26. The summed E-state index contributed by atoms with van der Waals surface area (Å²) in [6.07, 6.45) is 1.62. The maximum Gasteiger partial charge on any atom is 0.323 e. The molecule has 0 bridgehead atoms. The van der Waals surface area contributed by atoms with Gasteiger partial charge in [0.05, 0.1) is 4.91 Å². The largest absolute Gasteiger partial charge is 0.480 e. The molecule has 0 unspecified atom stereocenters. The predicted octanol–water partition coefficient (Wildman–Crippen LogP) is 2.18. The number of aliphatic carboxylic acids is 1. The minimum atomic E-state index is -1.16. The first-order valence-corrected chi connectivity index (χ1v) is 12.1. The summed E-state index contributed by atoms with van der Waals surface area (Å²) in [7, 11) is 1.62. The number of nitrogens with zero attached hydrogens (tertiary/aromatic N) is 5. The average molecular weight is 510 g/mol. The highest BCUT2D eigenvalue weighted by Crippen LogP contribution is 2.36. The van der Waals surface area contributed by atoms with Crippen molar-refractivity contribution < 1.29 is 14.7 Å². The van der Waals surface area contributed by atoms with Crippen LogP contribution in [0.4, 0.5) is 11.5 Å². The van der Waals surface area contributed by atoms with E-state index in [1.807, 2.05) is 24.3 Å². The molecule has 1 aromatic carbocycles. The number of nitriles is 1. The molecule has 2 aromatic rings. The molecule has 1 aromatic heterocycles. The molecule has 1 amide bonds. The van der Waals surface area contributed by atoms with Crippen LogP contribution in [-0.2, 0) is 16.6 Å². The van der Waals surface area contributed by atoms with Crippen LogP contribution >= 0.6 is 24.0 Å². The number of benzene rings is 1. The molecule has 0 saturated carbocycles. The molecule has 2 aliphatic rings. The molecule has 11 heteroatoms. The molecule has 2 saturated heterocycles. The second-order valence-corrected chi connectivity index (χ2v) is 9.86. The van der Waals surface area contributed by atoms with E-state index in [2.05, 4.69) is 21.9 Å². The van der Waals surface area contributed by atoms with Gasteiger partial charge in [0.1, 0.15) is 28.3 Å². The van der Waals surface area contributed by atoms with E-state index in [0.29, 0.717) is 30.0 Å². The number of hydrogen-bond donors (Lipinski definition) is 1. The summed E-state index contributed by atoms with van der Waals surface area (Å²) < 4.78 is 1.61. The zero-order valence-corrected chi connectivity index (χ0v) is 20.9. The minimum Gasteiger partial charge on any atom is -0.480 e. The molecule has 1 N–H and O–H groups in total. The molecular formula is C24H23N5O4S2. The number of aromatic nitrogens is 1. The molecular weight excluding hydrogens is 486 g/mol. The Morgan fingerprint density at radius 2 is 1.80 bits per heavy atom. The number of pyridine rings is 1. The van der Waals surface area contributed by atoms with E-state index in [1.165, 1.54) is 4.57 Å². The molecule has 180 valence electrons. The highest BCUT2D eigenvalue weighted by Gasteiger charge is 2.34. The summed E-state index contributed by atoms with van der Waals surface area (Å²) in [5.74, 6) is -1.05. The molecule has 2 fully saturated rings. The average Bonchev–Trinajstić information content (AvgIpc) is 3.11. The van der Waals surface area contributed by atoms with Gasteiger partial charge in [-0.15, -0.1) is 0 Å². The maximum atomic E-state index is 13.0. The zero-order valence-electron chi connectivity index (χ0n) is 19.2. The third-order valence-electron chi connectivity index (χ3n) is 6.11. The Labute approximate surface area is 211 Å². The van der Waals surface area contributed by atoms with E-state index in [1.54, 1.807) is 20.0 Å². The van der Waals surface area contributed by atoms with Gasteiger partial charge in [0.15, 0.2) is 0 Å². The molecule has 4 rings (SSSR count). The number of anilines is 2. The van der Waals surface area contributed by atoms with Crippen molar-refractivity contribution in [3.05, 3.63) is 62.3 Å². The highest BCUT2D eigenvalue weighted by atomic mass is 32.2. The number of carbonyl (C=O) groups is 2. The second-order valence-electron chi connectivity index (χ2n) is 8.18. The number of thioether (sulfide) groups is 1. The van der Waals surface area contributed by atoms with Gasteiger partial charge in [-0.1, -0.05) is 42.2 Å². The van der Waals surface area contributed by atoms with E-state index in [0.717, 1.165) is 35.4 Å². The number of carboxylic acid groups (broad SMARTS) is 1. The maximum absolute atomic E-state index is 13.0. The summed E-state index contributed by atoms with van der Waals surface area (Å²) in [4.78, 5) is 42.7. The van der Waals surface area contributed by atoms with E-state index >= 15 is 0 Å². The first-order valence-electron chi connectivity index (χ1n) is 10.9. The van der Waals surface area contributed by atoms with E-state index in [4.69, 9.17) is 17.3 Å². The van der Waals surface area contributed by atoms with Gasteiger partial charge in [-0.25, -0.2) is 0 Å². The van der Waals surface area contributed by atoms with Crippen LogP contribution in [0.1, 0.15) is 16.7 Å². The molecule has 2 aliphatic heterocycles. The number of thiocarbonyl (C=S) groups is 1. The van der Waals surface area contributed by atoms with E-state index in [-0.39, 0.29) is 14.8 Å². The topological polar surface area (TPSA) is 110 Å². The number of amides is 1. The normalized spacial score (nSPS) is 17.3. The lowest BCUT2D eigenvalue weighted by Crippen LogP contribution is -2.48. The molecule has 35 heavy (non-hydrogen) atoms. The van der Waals surface area contributed by atoms with E-state index in [9.17, 15) is 19.6 Å². The van der Waals surface area contributed by atoms with Crippen LogP contribution in [0, 0.1) is 18.3 Å². The number of hydrogen-bond acceptors (Lipinski definition) is 8. The van der Waals surface area contributed by atoms with Crippen LogP contribution in [0.2, 0.25) is 0 Å². The Morgan fingerprint density at radius 3 is 2.40 bits per heavy atom. The summed E-state index contributed by atoms with van der Waals surface area (Å²) in [6.45, 7) is 3.90. The van der Waals surface area contributed by atoms with Crippen molar-refractivity contribution in [2.75, 3.05) is 42.5 Å². The Kier molecular flexibility index (Phi) is 6.95. The van der Waals surface area contributed by atoms with E-state index < -0.39 is 24.0 Å². The molecule has 0 spiro atoms. The Hall–Kier alpha value is -3.62. The number of para-hydroxylation sites is 1. The van der Waals surface area contributed by atoms with Gasteiger partial charge >= 0.3 is 5.97 Å². The quantitative estimate of drug-likeness (QED) is 0.479. The Bertz CT molecular complexity index is 1340. The number of piperazine rings is 1. The lowest BCUT2D eigenvalue weighted by molar-refractivity contribution is -0.140.